The lowest BCUT2D eigenvalue weighted by Gasteiger charge is -2.14. The van der Waals surface area contributed by atoms with Gasteiger partial charge in [-0.1, -0.05) is 53.5 Å². The van der Waals surface area contributed by atoms with Crippen LogP contribution in [0.15, 0.2) is 71.8 Å². The van der Waals surface area contributed by atoms with Crippen LogP contribution in [0, 0.1) is 0 Å². The van der Waals surface area contributed by atoms with Crippen molar-refractivity contribution in [1.29, 1.82) is 0 Å². The first kappa shape index (κ1) is 23.4. The van der Waals surface area contributed by atoms with E-state index in [-0.39, 0.29) is 0 Å². The molecular formula is C24H22Cl2N2O4. The number of nitrogens with zero attached hydrogens (tertiary/aromatic N) is 1. The third kappa shape index (κ3) is 6.64. The van der Waals surface area contributed by atoms with E-state index < -0.39 is 12.0 Å². The average molecular weight is 473 g/mol. The van der Waals surface area contributed by atoms with Crippen molar-refractivity contribution in [3.63, 3.8) is 0 Å². The van der Waals surface area contributed by atoms with Gasteiger partial charge in [-0.2, -0.15) is 5.10 Å². The van der Waals surface area contributed by atoms with Crippen molar-refractivity contribution < 1.29 is 19.0 Å². The number of hydrazone groups is 1. The molecule has 0 aliphatic heterocycles. The van der Waals surface area contributed by atoms with Crippen molar-refractivity contribution in [3.05, 3.63) is 87.9 Å². The number of ether oxygens (including phenoxy) is 3. The molecule has 0 heterocycles. The Bertz CT molecular complexity index is 1090. The molecule has 3 aromatic carbocycles. The molecule has 0 radical (unpaired) electrons. The highest BCUT2D eigenvalue weighted by Gasteiger charge is 2.15. The topological polar surface area (TPSA) is 69.2 Å². The molecule has 0 aliphatic rings. The molecule has 3 rings (SSSR count). The summed E-state index contributed by atoms with van der Waals surface area (Å²) in [6, 6.07) is 20.0. The molecule has 0 saturated carbocycles. The fraction of sp³-hybridized carbons (Fsp3) is 0.167. The number of hydrogen-bond donors (Lipinski definition) is 1. The van der Waals surface area contributed by atoms with Crippen LogP contribution in [0.25, 0.3) is 0 Å². The van der Waals surface area contributed by atoms with Crippen LogP contribution < -0.4 is 19.6 Å². The maximum atomic E-state index is 12.2. The van der Waals surface area contributed by atoms with Gasteiger partial charge in [0, 0.05) is 5.02 Å². The van der Waals surface area contributed by atoms with Crippen LogP contribution in [0.2, 0.25) is 10.0 Å². The molecule has 3 aromatic rings. The summed E-state index contributed by atoms with van der Waals surface area (Å²) < 4.78 is 16.8. The van der Waals surface area contributed by atoms with E-state index in [4.69, 9.17) is 37.4 Å². The Morgan fingerprint density at radius 1 is 1.03 bits per heavy atom. The maximum Gasteiger partial charge on any atom is 0.280 e. The van der Waals surface area contributed by atoms with E-state index in [1.165, 1.54) is 6.21 Å². The first-order valence-electron chi connectivity index (χ1n) is 9.75. The summed E-state index contributed by atoms with van der Waals surface area (Å²) in [7, 11) is 1.56. The van der Waals surface area contributed by atoms with Crippen molar-refractivity contribution >= 4 is 35.3 Å². The third-order valence-corrected chi connectivity index (χ3v) is 4.91. The van der Waals surface area contributed by atoms with Crippen LogP contribution in [0.3, 0.4) is 0 Å². The highest BCUT2D eigenvalue weighted by Crippen LogP contribution is 2.29. The van der Waals surface area contributed by atoms with E-state index in [9.17, 15) is 4.79 Å². The van der Waals surface area contributed by atoms with Gasteiger partial charge in [-0.15, -0.1) is 0 Å². The fourth-order valence-electron chi connectivity index (χ4n) is 2.70. The minimum absolute atomic E-state index is 0.322. The summed E-state index contributed by atoms with van der Waals surface area (Å²) in [6.07, 6.45) is 0.692. The molecule has 0 aromatic heterocycles. The predicted octanol–water partition coefficient (Wildman–Crippen LogP) is 5.50. The van der Waals surface area contributed by atoms with Gasteiger partial charge in [-0.3, -0.25) is 4.79 Å². The van der Waals surface area contributed by atoms with Crippen LogP contribution in [0.5, 0.6) is 17.2 Å². The molecule has 1 unspecified atom stereocenters. The molecular weight excluding hydrogens is 451 g/mol. The number of carbonyl (C=O) groups excluding carboxylic acids is 1. The Kier molecular flexibility index (Phi) is 8.36. The maximum absolute atomic E-state index is 12.2. The van der Waals surface area contributed by atoms with Gasteiger partial charge in [0.25, 0.3) is 5.91 Å². The number of carbonyl (C=O) groups is 1. The second kappa shape index (κ2) is 11.4. The highest BCUT2D eigenvalue weighted by atomic mass is 35.5. The number of hydrogen-bond acceptors (Lipinski definition) is 5. The third-order valence-electron chi connectivity index (χ3n) is 4.38. The molecule has 0 bridgehead atoms. The zero-order valence-corrected chi connectivity index (χ0v) is 19.1. The summed E-state index contributed by atoms with van der Waals surface area (Å²) >= 11 is 11.9. The summed E-state index contributed by atoms with van der Waals surface area (Å²) in [4.78, 5) is 12.2. The number of rotatable bonds is 9. The Hall–Kier alpha value is -3.22. The number of halogens is 2. The Balaban J connectivity index is 1.56. The van der Waals surface area contributed by atoms with E-state index in [0.717, 1.165) is 11.1 Å². The summed E-state index contributed by atoms with van der Waals surface area (Å²) in [5.41, 5.74) is 4.23. The van der Waals surface area contributed by atoms with Crippen LogP contribution in [0.1, 0.15) is 18.1 Å². The lowest BCUT2D eigenvalue weighted by Crippen LogP contribution is -2.33. The van der Waals surface area contributed by atoms with Crippen LogP contribution in [-0.2, 0) is 11.4 Å². The molecule has 0 spiro atoms. The van der Waals surface area contributed by atoms with E-state index in [1.807, 2.05) is 36.4 Å². The van der Waals surface area contributed by atoms with E-state index in [1.54, 1.807) is 44.4 Å². The normalized spacial score (nSPS) is 11.8. The second-order valence-corrected chi connectivity index (χ2v) is 7.60. The van der Waals surface area contributed by atoms with Crippen LogP contribution in [-0.4, -0.2) is 25.3 Å². The second-order valence-electron chi connectivity index (χ2n) is 6.75. The largest absolute Gasteiger partial charge is 0.493 e. The minimum Gasteiger partial charge on any atom is -0.493 e. The molecule has 6 nitrogen and oxygen atoms in total. The van der Waals surface area contributed by atoms with Gasteiger partial charge in [0.15, 0.2) is 17.6 Å². The Labute approximate surface area is 196 Å². The van der Waals surface area contributed by atoms with Crippen LogP contribution >= 0.6 is 23.2 Å². The molecule has 1 atom stereocenters. The molecule has 1 amide bonds. The summed E-state index contributed by atoms with van der Waals surface area (Å²) in [5.74, 6) is 1.10. The number of methoxy groups -OCH3 is 1. The van der Waals surface area contributed by atoms with E-state index >= 15 is 0 Å². The van der Waals surface area contributed by atoms with Crippen molar-refractivity contribution in [1.82, 2.24) is 5.43 Å². The van der Waals surface area contributed by atoms with E-state index in [0.29, 0.717) is 33.9 Å². The van der Waals surface area contributed by atoms with Crippen molar-refractivity contribution in [3.8, 4) is 17.2 Å². The molecule has 0 fully saturated rings. The Morgan fingerprint density at radius 3 is 2.50 bits per heavy atom. The molecule has 32 heavy (non-hydrogen) atoms. The first-order valence-corrected chi connectivity index (χ1v) is 10.5. The zero-order valence-electron chi connectivity index (χ0n) is 17.5. The number of nitrogens with one attached hydrogen (secondary N) is 1. The highest BCUT2D eigenvalue weighted by molar-refractivity contribution is 6.35. The van der Waals surface area contributed by atoms with Crippen molar-refractivity contribution in [2.24, 2.45) is 5.10 Å². The standard InChI is InChI=1S/C24H22Cl2N2O4/c1-16(32-21-11-9-19(25)13-20(21)26)24(29)28-27-14-18-8-10-22(23(12-18)30-2)31-15-17-6-4-3-5-7-17/h3-14,16H,15H2,1-2H3,(H,28,29). The predicted molar refractivity (Wildman–Crippen MR) is 126 cm³/mol. The van der Waals surface area contributed by atoms with Gasteiger partial charge in [-0.25, -0.2) is 5.43 Å². The monoisotopic (exact) mass is 472 g/mol. The SMILES string of the molecule is COc1cc(C=NNC(=O)C(C)Oc2ccc(Cl)cc2Cl)ccc1OCc1ccccc1. The minimum atomic E-state index is -0.811. The molecule has 0 aliphatic carbocycles. The lowest BCUT2D eigenvalue weighted by molar-refractivity contribution is -0.127. The lowest BCUT2D eigenvalue weighted by atomic mass is 10.2. The van der Waals surface area contributed by atoms with Gasteiger partial charge in [0.2, 0.25) is 0 Å². The summed E-state index contributed by atoms with van der Waals surface area (Å²) in [5, 5.41) is 4.79. The van der Waals surface area contributed by atoms with Gasteiger partial charge in [-0.05, 0) is 54.4 Å². The first-order chi connectivity index (χ1) is 15.5. The summed E-state index contributed by atoms with van der Waals surface area (Å²) in [6.45, 7) is 2.02. The zero-order chi connectivity index (χ0) is 22.9. The van der Waals surface area contributed by atoms with Crippen LogP contribution in [0.4, 0.5) is 0 Å². The molecule has 1 N–H and O–H groups in total. The quantitative estimate of drug-likeness (QED) is 0.329. The van der Waals surface area contributed by atoms with Crippen molar-refractivity contribution in [2.45, 2.75) is 19.6 Å². The number of amides is 1. The van der Waals surface area contributed by atoms with Crippen molar-refractivity contribution in [2.75, 3.05) is 7.11 Å². The van der Waals surface area contributed by atoms with E-state index in [2.05, 4.69) is 10.5 Å². The average Bonchev–Trinajstić information content (AvgIpc) is 2.80. The van der Waals surface area contributed by atoms with Gasteiger partial charge < -0.3 is 14.2 Å². The molecule has 8 heteroatoms. The Morgan fingerprint density at radius 2 is 1.78 bits per heavy atom. The van der Waals surface area contributed by atoms with Gasteiger partial charge in [0.05, 0.1) is 18.3 Å². The smallest absolute Gasteiger partial charge is 0.280 e. The number of benzene rings is 3. The molecule has 0 saturated heterocycles. The van der Waals surface area contributed by atoms with Gasteiger partial charge >= 0.3 is 0 Å². The fourth-order valence-corrected chi connectivity index (χ4v) is 3.15. The van der Waals surface area contributed by atoms with Gasteiger partial charge in [0.1, 0.15) is 12.4 Å². The molecule has 166 valence electrons.